The summed E-state index contributed by atoms with van der Waals surface area (Å²) in [6, 6.07) is 5.13. The molecule has 34 heavy (non-hydrogen) atoms. The van der Waals surface area contributed by atoms with E-state index in [0.717, 1.165) is 12.8 Å². The largest absolute Gasteiger partial charge is 0.465 e. The molecule has 0 spiro atoms. The van der Waals surface area contributed by atoms with E-state index in [4.69, 9.17) is 32.7 Å². The van der Waals surface area contributed by atoms with Crippen LogP contribution in [0.4, 0.5) is 0 Å². The summed E-state index contributed by atoms with van der Waals surface area (Å²) in [5.74, 6) is -1.40. The number of ether oxygens (including phenoxy) is 2. The number of amides is 2. The van der Waals surface area contributed by atoms with Gasteiger partial charge >= 0.3 is 5.97 Å². The van der Waals surface area contributed by atoms with Gasteiger partial charge in [0, 0.05) is 48.3 Å². The molecule has 0 radical (unpaired) electrons. The molecule has 1 aliphatic carbocycles. The number of fused-ring (bicyclic) bond motifs is 1. The Morgan fingerprint density at radius 3 is 2.79 bits per heavy atom. The summed E-state index contributed by atoms with van der Waals surface area (Å²) in [6.07, 6.45) is 5.05. The lowest BCUT2D eigenvalue weighted by Gasteiger charge is -2.48. The second-order valence-corrected chi connectivity index (χ2v) is 9.59. The molecule has 1 saturated heterocycles. The van der Waals surface area contributed by atoms with Crippen LogP contribution in [0.1, 0.15) is 51.0 Å². The highest BCUT2D eigenvalue weighted by Gasteiger charge is 2.54. The quantitative estimate of drug-likeness (QED) is 0.369. The van der Waals surface area contributed by atoms with Gasteiger partial charge in [0.2, 0.25) is 11.8 Å². The van der Waals surface area contributed by atoms with Crippen LogP contribution in [0.15, 0.2) is 30.0 Å². The van der Waals surface area contributed by atoms with Crippen molar-refractivity contribution in [3.63, 3.8) is 0 Å². The average molecular weight is 511 g/mol. The van der Waals surface area contributed by atoms with Crippen molar-refractivity contribution >= 4 is 41.0 Å². The second kappa shape index (κ2) is 12.0. The minimum atomic E-state index is -0.956. The fourth-order valence-electron chi connectivity index (χ4n) is 4.83. The second-order valence-electron chi connectivity index (χ2n) is 8.75. The summed E-state index contributed by atoms with van der Waals surface area (Å²) in [4.78, 5) is 41.2. The number of piperidine rings is 1. The number of carbonyl (C=O) groups excluding carboxylic acids is 3. The van der Waals surface area contributed by atoms with E-state index < -0.39 is 11.3 Å². The fraction of sp³-hybridized carbons (Fsp3) is 0.560. The summed E-state index contributed by atoms with van der Waals surface area (Å²) in [5, 5.41) is 3.79. The first-order chi connectivity index (χ1) is 16.3. The molecular weight excluding hydrogens is 479 g/mol. The van der Waals surface area contributed by atoms with Gasteiger partial charge in [-0.25, -0.2) is 0 Å². The predicted octanol–water partition coefficient (Wildman–Crippen LogP) is 4.50. The maximum absolute atomic E-state index is 13.7. The van der Waals surface area contributed by atoms with Crippen molar-refractivity contribution in [2.75, 3.05) is 26.9 Å². The van der Waals surface area contributed by atoms with Crippen molar-refractivity contribution in [3.8, 4) is 0 Å². The Bertz CT molecular complexity index is 951. The van der Waals surface area contributed by atoms with Gasteiger partial charge in [-0.2, -0.15) is 0 Å². The van der Waals surface area contributed by atoms with Crippen LogP contribution in [0.3, 0.4) is 0 Å². The van der Waals surface area contributed by atoms with Crippen LogP contribution in [0.5, 0.6) is 0 Å². The van der Waals surface area contributed by atoms with E-state index in [1.54, 1.807) is 37.1 Å². The summed E-state index contributed by atoms with van der Waals surface area (Å²) >= 11 is 12.5. The Labute approximate surface area is 210 Å². The van der Waals surface area contributed by atoms with Gasteiger partial charge in [-0.15, -0.1) is 0 Å². The highest BCUT2D eigenvalue weighted by Crippen LogP contribution is 2.50. The van der Waals surface area contributed by atoms with Crippen molar-refractivity contribution in [2.24, 2.45) is 11.3 Å². The molecule has 2 atom stereocenters. The molecule has 9 heteroatoms. The molecule has 3 rings (SSSR count). The molecule has 1 N–H and O–H groups in total. The van der Waals surface area contributed by atoms with E-state index in [1.165, 1.54) is 0 Å². The van der Waals surface area contributed by atoms with Gasteiger partial charge in [-0.3, -0.25) is 14.4 Å². The minimum Gasteiger partial charge on any atom is -0.465 e. The average Bonchev–Trinajstić information content (AvgIpc) is 2.81. The number of allylic oxidation sites excluding steroid dienone is 1. The zero-order chi connectivity index (χ0) is 24.7. The third-order valence-corrected chi connectivity index (χ3v) is 7.01. The number of hydrogen-bond acceptors (Lipinski definition) is 5. The number of benzene rings is 1. The van der Waals surface area contributed by atoms with Gasteiger partial charge in [-0.1, -0.05) is 35.3 Å². The molecule has 1 heterocycles. The number of halogens is 2. The minimum absolute atomic E-state index is 0.00506. The van der Waals surface area contributed by atoms with Crippen LogP contribution in [0.2, 0.25) is 10.0 Å². The predicted molar refractivity (Wildman–Crippen MR) is 130 cm³/mol. The van der Waals surface area contributed by atoms with Crippen molar-refractivity contribution in [1.29, 1.82) is 0 Å². The number of hydrogen-bond donors (Lipinski definition) is 1. The Balaban J connectivity index is 1.91. The smallest absolute Gasteiger partial charge is 0.318 e. The van der Waals surface area contributed by atoms with Crippen molar-refractivity contribution in [2.45, 2.75) is 52.0 Å². The molecule has 0 unspecified atom stereocenters. The Morgan fingerprint density at radius 2 is 2.09 bits per heavy atom. The molecule has 186 valence electrons. The topological polar surface area (TPSA) is 84.9 Å². The number of esters is 1. The zero-order valence-electron chi connectivity index (χ0n) is 19.7. The molecule has 1 fully saturated rings. The number of methoxy groups -OCH3 is 1. The van der Waals surface area contributed by atoms with E-state index in [0.29, 0.717) is 47.3 Å². The van der Waals surface area contributed by atoms with E-state index >= 15 is 0 Å². The van der Waals surface area contributed by atoms with Gasteiger partial charge < -0.3 is 19.7 Å². The number of carbonyl (C=O) groups is 3. The molecule has 1 aromatic rings. The first kappa shape index (κ1) is 26.5. The third-order valence-electron chi connectivity index (χ3n) is 6.43. The molecule has 1 aliphatic heterocycles. The monoisotopic (exact) mass is 510 g/mol. The lowest BCUT2D eigenvalue weighted by Crippen LogP contribution is -2.54. The van der Waals surface area contributed by atoms with Gasteiger partial charge in [-0.05, 0) is 56.7 Å². The van der Waals surface area contributed by atoms with E-state index in [2.05, 4.69) is 5.32 Å². The summed E-state index contributed by atoms with van der Waals surface area (Å²) in [5.41, 5.74) is 0.417. The fourth-order valence-corrected chi connectivity index (χ4v) is 5.30. The van der Waals surface area contributed by atoms with Crippen LogP contribution in [0, 0.1) is 11.3 Å². The number of nitrogens with zero attached hydrogens (tertiary/aromatic N) is 1. The van der Waals surface area contributed by atoms with Crippen LogP contribution in [-0.4, -0.2) is 49.6 Å². The van der Waals surface area contributed by atoms with Crippen LogP contribution < -0.4 is 5.32 Å². The lowest BCUT2D eigenvalue weighted by molar-refractivity contribution is -0.162. The molecule has 2 amide bonds. The van der Waals surface area contributed by atoms with Crippen LogP contribution in [0.25, 0.3) is 0 Å². The first-order valence-electron chi connectivity index (χ1n) is 11.7. The maximum Gasteiger partial charge on any atom is 0.318 e. The highest BCUT2D eigenvalue weighted by molar-refractivity contribution is 6.35. The van der Waals surface area contributed by atoms with E-state index in [9.17, 15) is 14.4 Å². The van der Waals surface area contributed by atoms with Crippen LogP contribution in [-0.2, 0) is 30.4 Å². The third kappa shape index (κ3) is 5.93. The van der Waals surface area contributed by atoms with Gasteiger partial charge in [0.25, 0.3) is 0 Å². The molecule has 0 bridgehead atoms. The van der Waals surface area contributed by atoms with Gasteiger partial charge in [0.1, 0.15) is 5.41 Å². The molecule has 7 nitrogen and oxygen atoms in total. The highest BCUT2D eigenvalue weighted by atomic mass is 35.5. The van der Waals surface area contributed by atoms with Crippen molar-refractivity contribution in [1.82, 2.24) is 10.2 Å². The van der Waals surface area contributed by atoms with Gasteiger partial charge in [0.15, 0.2) is 0 Å². The van der Waals surface area contributed by atoms with E-state index in [-0.39, 0.29) is 43.8 Å². The molecule has 0 aromatic heterocycles. The maximum atomic E-state index is 13.7. The Hall–Kier alpha value is -2.09. The first-order valence-corrected chi connectivity index (χ1v) is 12.5. The summed E-state index contributed by atoms with van der Waals surface area (Å²) < 4.78 is 10.5. The Kier molecular flexibility index (Phi) is 9.39. The number of nitrogens with one attached hydrogen (secondary N) is 1. The normalized spacial score (nSPS) is 22.1. The van der Waals surface area contributed by atoms with E-state index in [1.807, 2.05) is 6.08 Å². The molecule has 1 aromatic carbocycles. The lowest BCUT2D eigenvalue weighted by atomic mass is 9.66. The zero-order valence-corrected chi connectivity index (χ0v) is 21.2. The van der Waals surface area contributed by atoms with Crippen molar-refractivity contribution in [3.05, 3.63) is 45.6 Å². The summed E-state index contributed by atoms with van der Waals surface area (Å²) in [6.45, 7) is 3.21. The Morgan fingerprint density at radius 1 is 1.29 bits per heavy atom. The molecule has 0 saturated carbocycles. The SMILES string of the molecule is CCOC(=O)[C@]12CCCC=C1N(Cc1ccc(Cl)cc1Cl)C(=O)[C@@H](CC(=O)NCCCOC)C2. The molecule has 2 aliphatic rings. The van der Waals surface area contributed by atoms with Crippen molar-refractivity contribution < 1.29 is 23.9 Å². The van der Waals surface area contributed by atoms with Crippen LogP contribution >= 0.6 is 23.2 Å². The summed E-state index contributed by atoms with van der Waals surface area (Å²) in [7, 11) is 1.61. The number of likely N-dealkylation sites (tertiary alicyclic amines) is 1. The van der Waals surface area contributed by atoms with Gasteiger partial charge in [0.05, 0.1) is 13.2 Å². The number of rotatable bonds is 10. The standard InChI is InChI=1S/C25H32Cl2N2O5/c1-3-34-24(32)25-10-5-4-7-21(25)29(16-17-8-9-19(26)14-20(17)27)23(31)18(15-25)13-22(30)28-11-6-12-33-2/h7-9,14,18H,3-6,10-13,15-16H2,1-2H3,(H,28,30)/t18-,25-/m0/s1. The molecular formula is C25H32Cl2N2O5.